The smallest absolute Gasteiger partial charge is 0.315 e. The second-order valence-electron chi connectivity index (χ2n) is 7.63. The van der Waals surface area contributed by atoms with Gasteiger partial charge in [0.15, 0.2) is 0 Å². The largest absolute Gasteiger partial charge is 0.469 e. The van der Waals surface area contributed by atoms with Crippen LogP contribution >= 0.6 is 0 Å². The Kier molecular flexibility index (Phi) is 10.0. The van der Waals surface area contributed by atoms with Crippen molar-refractivity contribution in [3.63, 3.8) is 0 Å². The standard InChI is InChI=1S/C14H19NO2.C12H14N2O/c1-11-6-4-5-7-12(2)15-10-13(11)8-9-14(16)17-3;13-12(15)14-8-6-11(7-9-14)10-4-2-1-3-5-10/h4-7,10-11,15H,2,8-9H2,1,3H3;1-6H,7-9H2,(H2,13,15)/b6-4-,7-5-,13-10-;. The van der Waals surface area contributed by atoms with E-state index in [9.17, 15) is 9.59 Å². The Bertz CT molecular complexity index is 914. The van der Waals surface area contributed by atoms with Crippen molar-refractivity contribution in [1.29, 1.82) is 0 Å². The van der Waals surface area contributed by atoms with E-state index in [0.29, 0.717) is 25.3 Å². The molecule has 2 aliphatic heterocycles. The third-order valence-corrected chi connectivity index (χ3v) is 5.35. The fraction of sp³-hybridized carbons (Fsp3) is 0.308. The van der Waals surface area contributed by atoms with Gasteiger partial charge in [-0.1, -0.05) is 68.1 Å². The normalized spacial score (nSPS) is 21.6. The van der Waals surface area contributed by atoms with E-state index < -0.39 is 0 Å². The molecule has 0 bridgehead atoms. The highest BCUT2D eigenvalue weighted by molar-refractivity contribution is 5.75. The van der Waals surface area contributed by atoms with Crippen molar-refractivity contribution >= 4 is 17.6 Å². The first-order chi connectivity index (χ1) is 15.4. The molecule has 3 rings (SSSR count). The monoisotopic (exact) mass is 435 g/mol. The molecule has 3 N–H and O–H groups in total. The van der Waals surface area contributed by atoms with Gasteiger partial charge in [0.25, 0.3) is 0 Å². The average Bonchev–Trinajstić information content (AvgIpc) is 2.89. The minimum atomic E-state index is -0.335. The van der Waals surface area contributed by atoms with Gasteiger partial charge < -0.3 is 20.7 Å². The molecule has 170 valence electrons. The third kappa shape index (κ3) is 8.30. The van der Waals surface area contributed by atoms with Crippen LogP contribution in [0.25, 0.3) is 5.57 Å². The molecule has 2 heterocycles. The Hall–Kier alpha value is -3.54. The van der Waals surface area contributed by atoms with Crippen molar-refractivity contribution < 1.29 is 14.3 Å². The first-order valence-corrected chi connectivity index (χ1v) is 10.8. The van der Waals surface area contributed by atoms with E-state index >= 15 is 0 Å². The maximum absolute atomic E-state index is 11.1. The van der Waals surface area contributed by atoms with E-state index in [4.69, 9.17) is 5.73 Å². The van der Waals surface area contributed by atoms with Crippen molar-refractivity contribution in [2.24, 2.45) is 11.7 Å². The van der Waals surface area contributed by atoms with Gasteiger partial charge in [-0.25, -0.2) is 4.79 Å². The van der Waals surface area contributed by atoms with Gasteiger partial charge in [0.2, 0.25) is 0 Å². The molecular weight excluding hydrogens is 402 g/mol. The minimum Gasteiger partial charge on any atom is -0.469 e. The summed E-state index contributed by atoms with van der Waals surface area (Å²) in [6.07, 6.45) is 13.9. The lowest BCUT2D eigenvalue weighted by Gasteiger charge is -2.24. The molecule has 0 aliphatic carbocycles. The first kappa shape index (κ1) is 24.7. The van der Waals surface area contributed by atoms with Gasteiger partial charge in [-0.05, 0) is 41.5 Å². The molecule has 1 atom stereocenters. The van der Waals surface area contributed by atoms with Crippen LogP contribution in [0.1, 0.15) is 31.7 Å². The van der Waals surface area contributed by atoms with E-state index in [1.165, 1.54) is 18.2 Å². The average molecular weight is 436 g/mol. The molecule has 0 fully saturated rings. The second-order valence-corrected chi connectivity index (χ2v) is 7.63. The molecular formula is C26H33N3O3. The molecule has 1 aromatic carbocycles. The molecule has 6 heteroatoms. The summed E-state index contributed by atoms with van der Waals surface area (Å²) in [5.74, 6) is 0.113. The minimum absolute atomic E-state index is 0.182. The number of nitrogens with zero attached hydrogens (tertiary/aromatic N) is 1. The summed E-state index contributed by atoms with van der Waals surface area (Å²) in [4.78, 5) is 23.7. The number of esters is 1. The fourth-order valence-corrected chi connectivity index (χ4v) is 3.32. The van der Waals surface area contributed by atoms with Gasteiger partial charge in [0.1, 0.15) is 0 Å². The molecule has 0 aromatic heterocycles. The maximum Gasteiger partial charge on any atom is 0.315 e. The van der Waals surface area contributed by atoms with Crippen LogP contribution in [0.4, 0.5) is 4.79 Å². The van der Waals surface area contributed by atoms with Crippen molar-refractivity contribution in [2.45, 2.75) is 26.2 Å². The fourth-order valence-electron chi connectivity index (χ4n) is 3.32. The van der Waals surface area contributed by atoms with Crippen LogP contribution in [0.2, 0.25) is 0 Å². The Morgan fingerprint density at radius 2 is 2.00 bits per heavy atom. The Balaban J connectivity index is 0.000000228. The number of allylic oxidation sites excluding steroid dienone is 5. The van der Waals surface area contributed by atoms with Crippen LogP contribution in [0.5, 0.6) is 0 Å². The van der Waals surface area contributed by atoms with Gasteiger partial charge in [0, 0.05) is 31.4 Å². The third-order valence-electron chi connectivity index (χ3n) is 5.35. The highest BCUT2D eigenvalue weighted by Crippen LogP contribution is 2.21. The summed E-state index contributed by atoms with van der Waals surface area (Å²) in [6, 6.07) is 9.89. The highest BCUT2D eigenvalue weighted by atomic mass is 16.5. The first-order valence-electron chi connectivity index (χ1n) is 10.8. The molecule has 0 saturated carbocycles. The van der Waals surface area contributed by atoms with Crippen molar-refractivity contribution in [3.8, 4) is 0 Å². The van der Waals surface area contributed by atoms with Crippen LogP contribution in [-0.2, 0) is 9.53 Å². The number of rotatable bonds is 4. The Morgan fingerprint density at radius 3 is 2.62 bits per heavy atom. The lowest BCUT2D eigenvalue weighted by molar-refractivity contribution is -0.140. The number of amides is 2. The zero-order valence-corrected chi connectivity index (χ0v) is 18.9. The highest BCUT2D eigenvalue weighted by Gasteiger charge is 2.14. The van der Waals surface area contributed by atoms with Crippen molar-refractivity contribution in [3.05, 3.63) is 90.3 Å². The topological polar surface area (TPSA) is 84.7 Å². The molecule has 6 nitrogen and oxygen atoms in total. The predicted molar refractivity (Wildman–Crippen MR) is 129 cm³/mol. The van der Waals surface area contributed by atoms with E-state index in [1.54, 1.807) is 4.90 Å². The number of nitrogens with one attached hydrogen (secondary N) is 1. The van der Waals surface area contributed by atoms with E-state index in [2.05, 4.69) is 47.8 Å². The van der Waals surface area contributed by atoms with Crippen LogP contribution in [0.3, 0.4) is 0 Å². The van der Waals surface area contributed by atoms with E-state index in [-0.39, 0.29) is 12.0 Å². The van der Waals surface area contributed by atoms with Crippen molar-refractivity contribution in [1.82, 2.24) is 10.2 Å². The van der Waals surface area contributed by atoms with Gasteiger partial charge in [-0.15, -0.1) is 0 Å². The second kappa shape index (κ2) is 13.0. The van der Waals surface area contributed by atoms with Crippen LogP contribution in [0, 0.1) is 5.92 Å². The lowest BCUT2D eigenvalue weighted by Crippen LogP contribution is -2.38. The number of primary amides is 1. The van der Waals surface area contributed by atoms with Crippen molar-refractivity contribution in [2.75, 3.05) is 20.2 Å². The summed E-state index contributed by atoms with van der Waals surface area (Å²) in [5.41, 5.74) is 9.74. The van der Waals surface area contributed by atoms with Gasteiger partial charge >= 0.3 is 12.0 Å². The summed E-state index contributed by atoms with van der Waals surface area (Å²) < 4.78 is 4.64. The number of hydrogen-bond acceptors (Lipinski definition) is 4. The van der Waals surface area contributed by atoms with E-state index in [1.807, 2.05) is 42.6 Å². The predicted octanol–water partition coefficient (Wildman–Crippen LogP) is 4.54. The Morgan fingerprint density at radius 1 is 1.25 bits per heavy atom. The summed E-state index contributed by atoms with van der Waals surface area (Å²) in [6.45, 7) is 7.30. The molecule has 1 aromatic rings. The zero-order valence-electron chi connectivity index (χ0n) is 18.9. The summed E-state index contributed by atoms with van der Waals surface area (Å²) >= 11 is 0. The molecule has 2 amide bonds. The molecule has 0 saturated heterocycles. The Labute approximate surface area is 190 Å². The molecule has 0 spiro atoms. The SMILES string of the molecule is C=C1/C=C\C=C/C(C)/C(CCC(=O)OC)=C\N1.NC(=O)N1CC=C(c2ccccc2)CC1. The quantitative estimate of drug-likeness (QED) is 0.680. The number of hydrogen-bond donors (Lipinski definition) is 2. The number of benzene rings is 1. The van der Waals surface area contributed by atoms with Gasteiger partial charge in [-0.2, -0.15) is 0 Å². The number of carbonyl (C=O) groups is 2. The lowest BCUT2D eigenvalue weighted by atomic mass is 9.97. The summed E-state index contributed by atoms with van der Waals surface area (Å²) in [7, 11) is 1.41. The molecule has 2 aliphatic rings. The van der Waals surface area contributed by atoms with E-state index in [0.717, 1.165) is 24.2 Å². The number of carbonyl (C=O) groups excluding carboxylic acids is 2. The molecule has 32 heavy (non-hydrogen) atoms. The maximum atomic E-state index is 11.1. The number of urea groups is 1. The number of nitrogens with two attached hydrogens (primary N) is 1. The molecule has 1 unspecified atom stereocenters. The summed E-state index contributed by atoms with van der Waals surface area (Å²) in [5, 5.41) is 3.11. The van der Waals surface area contributed by atoms with Crippen LogP contribution < -0.4 is 11.1 Å². The van der Waals surface area contributed by atoms with Crippen LogP contribution in [-0.4, -0.2) is 37.1 Å². The van der Waals surface area contributed by atoms with Gasteiger partial charge in [-0.3, -0.25) is 4.79 Å². The molecule has 0 radical (unpaired) electrons. The van der Waals surface area contributed by atoms with Crippen LogP contribution in [0.15, 0.2) is 84.8 Å². The number of ether oxygens (including phenoxy) is 1. The zero-order chi connectivity index (χ0) is 23.3. The number of methoxy groups -OCH3 is 1. The van der Waals surface area contributed by atoms with Gasteiger partial charge in [0.05, 0.1) is 7.11 Å².